The molecule has 0 atom stereocenters. The smallest absolute Gasteiger partial charge is 0.139 e. The Kier molecular flexibility index (Phi) is 2.53. The van der Waals surface area contributed by atoms with Crippen molar-refractivity contribution in [3.05, 3.63) is 36.3 Å². The molecule has 0 spiro atoms. The number of nitrogens with one attached hydrogen (secondary N) is 2. The number of hydrogen-bond acceptors (Lipinski definition) is 3. The number of H-pyrrole nitrogens is 2. The number of nitrogens with zero attached hydrogens (tertiary/aromatic N) is 1. The Balaban J connectivity index is 2.16. The second-order valence-electron chi connectivity index (χ2n) is 4.08. The van der Waals surface area contributed by atoms with Crippen molar-refractivity contribution < 1.29 is 4.74 Å². The first-order valence-corrected chi connectivity index (χ1v) is 5.71. The van der Waals surface area contributed by atoms with E-state index in [9.17, 15) is 0 Å². The fourth-order valence-electron chi connectivity index (χ4n) is 2.02. The molecule has 0 fully saturated rings. The van der Waals surface area contributed by atoms with Crippen molar-refractivity contribution in [2.75, 3.05) is 7.11 Å². The van der Waals surface area contributed by atoms with Crippen molar-refractivity contribution in [1.29, 1.82) is 0 Å². The van der Waals surface area contributed by atoms with Crippen molar-refractivity contribution in [3.63, 3.8) is 0 Å². The van der Waals surface area contributed by atoms with Gasteiger partial charge in [0.1, 0.15) is 11.6 Å². The van der Waals surface area contributed by atoms with Crippen LogP contribution in [0.25, 0.3) is 22.3 Å². The summed E-state index contributed by atoms with van der Waals surface area (Å²) in [6, 6.07) is 5.91. The summed E-state index contributed by atoms with van der Waals surface area (Å²) < 4.78 is 5.24. The highest BCUT2D eigenvalue weighted by molar-refractivity contribution is 5.94. The summed E-state index contributed by atoms with van der Waals surface area (Å²) in [6.45, 7) is 0.457. The van der Waals surface area contributed by atoms with Crippen LogP contribution in [0.4, 0.5) is 0 Å². The number of imidazole rings is 1. The van der Waals surface area contributed by atoms with Crippen LogP contribution in [-0.2, 0) is 6.54 Å². The number of benzene rings is 1. The molecule has 18 heavy (non-hydrogen) atoms. The zero-order valence-electron chi connectivity index (χ0n) is 10.0. The molecule has 5 nitrogen and oxygen atoms in total. The van der Waals surface area contributed by atoms with Crippen LogP contribution >= 0.6 is 0 Å². The maximum absolute atomic E-state index is 5.58. The summed E-state index contributed by atoms with van der Waals surface area (Å²) in [5, 5.41) is 1.08. The highest BCUT2D eigenvalue weighted by Gasteiger charge is 2.10. The van der Waals surface area contributed by atoms with Gasteiger partial charge in [0.05, 0.1) is 7.11 Å². The van der Waals surface area contributed by atoms with Crippen molar-refractivity contribution in [3.8, 4) is 17.1 Å². The van der Waals surface area contributed by atoms with Gasteiger partial charge in [0.25, 0.3) is 0 Å². The lowest BCUT2D eigenvalue weighted by molar-refractivity contribution is 0.415. The minimum atomic E-state index is 0.457. The molecule has 0 unspecified atom stereocenters. The van der Waals surface area contributed by atoms with Crippen LogP contribution in [0.3, 0.4) is 0 Å². The number of fused-ring (bicyclic) bond motifs is 1. The van der Waals surface area contributed by atoms with Crippen LogP contribution in [0.15, 0.2) is 30.6 Å². The Morgan fingerprint density at radius 3 is 3.00 bits per heavy atom. The van der Waals surface area contributed by atoms with Gasteiger partial charge in [-0.2, -0.15) is 0 Å². The molecule has 2 heterocycles. The van der Waals surface area contributed by atoms with E-state index >= 15 is 0 Å². The number of nitrogens with two attached hydrogens (primary N) is 1. The first kappa shape index (κ1) is 10.9. The van der Waals surface area contributed by atoms with E-state index in [1.807, 2.05) is 24.4 Å². The number of aromatic nitrogens is 3. The van der Waals surface area contributed by atoms with Crippen molar-refractivity contribution in [1.82, 2.24) is 15.0 Å². The van der Waals surface area contributed by atoms with Crippen LogP contribution in [0.1, 0.15) is 5.69 Å². The summed E-state index contributed by atoms with van der Waals surface area (Å²) in [5.41, 5.74) is 8.56. The predicted molar refractivity (Wildman–Crippen MR) is 70.3 cm³/mol. The minimum absolute atomic E-state index is 0.457. The van der Waals surface area contributed by atoms with Gasteiger partial charge in [-0.15, -0.1) is 0 Å². The third-order valence-corrected chi connectivity index (χ3v) is 2.99. The molecule has 0 radical (unpaired) electrons. The van der Waals surface area contributed by atoms with Gasteiger partial charge in [-0.05, 0) is 18.2 Å². The number of rotatable bonds is 3. The second kappa shape index (κ2) is 4.19. The van der Waals surface area contributed by atoms with Crippen LogP contribution in [0.5, 0.6) is 5.75 Å². The molecule has 4 N–H and O–H groups in total. The highest BCUT2D eigenvalue weighted by atomic mass is 16.5. The number of methoxy groups -OCH3 is 1. The molecule has 3 rings (SSSR count). The fourth-order valence-corrected chi connectivity index (χ4v) is 2.02. The van der Waals surface area contributed by atoms with Crippen LogP contribution < -0.4 is 10.5 Å². The molecule has 0 saturated heterocycles. The zero-order chi connectivity index (χ0) is 12.5. The van der Waals surface area contributed by atoms with Crippen LogP contribution in [-0.4, -0.2) is 22.1 Å². The molecule has 92 valence electrons. The van der Waals surface area contributed by atoms with Gasteiger partial charge in [-0.1, -0.05) is 0 Å². The summed E-state index contributed by atoms with van der Waals surface area (Å²) in [5.74, 6) is 1.64. The lowest BCUT2D eigenvalue weighted by Crippen LogP contribution is -1.95. The normalized spacial score (nSPS) is 11.0. The Labute approximate surface area is 104 Å². The van der Waals surface area contributed by atoms with Crippen molar-refractivity contribution in [2.45, 2.75) is 6.54 Å². The molecule has 0 aliphatic carbocycles. The van der Waals surface area contributed by atoms with Gasteiger partial charge in [0.15, 0.2) is 0 Å². The van der Waals surface area contributed by atoms with E-state index in [1.54, 1.807) is 13.3 Å². The molecule has 0 aliphatic heterocycles. The van der Waals surface area contributed by atoms with E-state index in [-0.39, 0.29) is 0 Å². The topological polar surface area (TPSA) is 79.7 Å². The van der Waals surface area contributed by atoms with Crippen LogP contribution in [0, 0.1) is 0 Å². The number of hydrogen-bond donors (Lipinski definition) is 3. The summed E-state index contributed by atoms with van der Waals surface area (Å²) in [4.78, 5) is 10.8. The lowest BCUT2D eigenvalue weighted by Gasteiger charge is -2.00. The van der Waals surface area contributed by atoms with Gasteiger partial charge in [-0.25, -0.2) is 4.98 Å². The van der Waals surface area contributed by atoms with Gasteiger partial charge in [0.2, 0.25) is 0 Å². The van der Waals surface area contributed by atoms with Crippen molar-refractivity contribution >= 4 is 10.9 Å². The van der Waals surface area contributed by atoms with Crippen molar-refractivity contribution in [2.24, 2.45) is 5.73 Å². The zero-order valence-corrected chi connectivity index (χ0v) is 10.0. The number of ether oxygens (including phenoxy) is 1. The fraction of sp³-hybridized carbons (Fsp3) is 0.154. The average molecular weight is 242 g/mol. The minimum Gasteiger partial charge on any atom is -0.497 e. The standard InChI is InChI=1S/C13H14N4O/c1-18-9-2-3-12-10(4-9)11(7-15-12)13-16-6-8(5-14)17-13/h2-4,6-7,15H,5,14H2,1H3,(H,16,17). The van der Waals surface area contributed by atoms with E-state index in [2.05, 4.69) is 15.0 Å². The lowest BCUT2D eigenvalue weighted by atomic mass is 10.1. The Bertz CT molecular complexity index is 683. The van der Waals surface area contributed by atoms with E-state index in [0.29, 0.717) is 6.54 Å². The van der Waals surface area contributed by atoms with E-state index in [4.69, 9.17) is 10.5 Å². The SMILES string of the molecule is COc1ccc2[nH]cc(-c3ncc(CN)[nH]3)c2c1. The van der Waals surface area contributed by atoms with Gasteiger partial charge in [-0.3, -0.25) is 0 Å². The first-order valence-electron chi connectivity index (χ1n) is 5.71. The van der Waals surface area contributed by atoms with E-state index in [0.717, 1.165) is 33.7 Å². The molecule has 0 bridgehead atoms. The monoisotopic (exact) mass is 242 g/mol. The van der Waals surface area contributed by atoms with Gasteiger partial charge in [0, 0.05) is 41.1 Å². The average Bonchev–Trinajstić information content (AvgIpc) is 3.03. The molecular formula is C13H14N4O. The number of aromatic amines is 2. The molecule has 5 heteroatoms. The Morgan fingerprint density at radius 2 is 2.28 bits per heavy atom. The molecule has 2 aromatic heterocycles. The Morgan fingerprint density at radius 1 is 1.39 bits per heavy atom. The van der Waals surface area contributed by atoms with Crippen LogP contribution in [0.2, 0.25) is 0 Å². The maximum atomic E-state index is 5.58. The molecular weight excluding hydrogens is 228 g/mol. The first-order chi connectivity index (χ1) is 8.81. The Hall–Kier alpha value is -2.27. The second-order valence-corrected chi connectivity index (χ2v) is 4.08. The van der Waals surface area contributed by atoms with E-state index in [1.165, 1.54) is 0 Å². The van der Waals surface area contributed by atoms with Gasteiger partial charge < -0.3 is 20.4 Å². The van der Waals surface area contributed by atoms with E-state index < -0.39 is 0 Å². The quantitative estimate of drug-likeness (QED) is 0.657. The highest BCUT2D eigenvalue weighted by Crippen LogP contribution is 2.29. The third kappa shape index (κ3) is 1.65. The third-order valence-electron chi connectivity index (χ3n) is 2.99. The largest absolute Gasteiger partial charge is 0.497 e. The molecule has 0 aliphatic rings. The molecule has 1 aromatic carbocycles. The summed E-state index contributed by atoms with van der Waals surface area (Å²) in [7, 11) is 1.66. The summed E-state index contributed by atoms with van der Waals surface area (Å²) >= 11 is 0. The molecule has 0 amide bonds. The predicted octanol–water partition coefficient (Wildman–Crippen LogP) is 2.03. The molecule has 3 aromatic rings. The summed E-state index contributed by atoms with van der Waals surface area (Å²) in [6.07, 6.45) is 3.69. The van der Waals surface area contributed by atoms with Gasteiger partial charge >= 0.3 is 0 Å². The molecule has 0 saturated carbocycles. The maximum Gasteiger partial charge on any atom is 0.139 e.